The van der Waals surface area contributed by atoms with Crippen LogP contribution in [0, 0.1) is 20.8 Å². The molecule has 0 fully saturated rings. The molecule has 17 heavy (non-hydrogen) atoms. The molecule has 0 unspecified atom stereocenters. The number of benzene rings is 1. The van der Waals surface area contributed by atoms with E-state index in [2.05, 4.69) is 55.1 Å². The van der Waals surface area contributed by atoms with Gasteiger partial charge in [0.25, 0.3) is 0 Å². The third-order valence-corrected chi connectivity index (χ3v) is 3.29. The molecule has 1 aromatic rings. The van der Waals surface area contributed by atoms with Gasteiger partial charge in [0, 0.05) is 18.9 Å². The van der Waals surface area contributed by atoms with Crippen LogP contribution in [0.1, 0.15) is 22.3 Å². The Kier molecular flexibility index (Phi) is 3.38. The fourth-order valence-corrected chi connectivity index (χ4v) is 2.40. The van der Waals surface area contributed by atoms with E-state index in [1.54, 1.807) is 0 Å². The minimum atomic E-state index is 0.582. The van der Waals surface area contributed by atoms with E-state index in [0.717, 1.165) is 13.2 Å². The number of hydrogen-bond acceptors (Lipinski definition) is 3. The lowest BCUT2D eigenvalue weighted by Gasteiger charge is -2.22. The summed E-state index contributed by atoms with van der Waals surface area (Å²) >= 11 is 0. The SMILES string of the molecule is Cc1cc(C)c(CN2C=CN(CN)C2)c(C)c1. The van der Waals surface area contributed by atoms with Crippen LogP contribution >= 0.6 is 0 Å². The summed E-state index contributed by atoms with van der Waals surface area (Å²) in [6.07, 6.45) is 4.17. The second kappa shape index (κ2) is 4.80. The zero-order valence-electron chi connectivity index (χ0n) is 10.9. The molecule has 0 radical (unpaired) electrons. The highest BCUT2D eigenvalue weighted by molar-refractivity contribution is 5.37. The molecular formula is C14H21N3. The maximum absolute atomic E-state index is 5.62. The minimum absolute atomic E-state index is 0.582. The zero-order valence-corrected chi connectivity index (χ0v) is 10.9. The predicted octanol–water partition coefficient (Wildman–Crippen LogP) is 2.07. The largest absolute Gasteiger partial charge is 0.354 e. The normalized spacial score (nSPS) is 14.8. The maximum Gasteiger partial charge on any atom is 0.0909 e. The van der Waals surface area contributed by atoms with E-state index in [0.29, 0.717) is 6.67 Å². The van der Waals surface area contributed by atoms with Gasteiger partial charge in [-0.2, -0.15) is 0 Å². The molecule has 0 amide bonds. The summed E-state index contributed by atoms with van der Waals surface area (Å²) in [6, 6.07) is 4.51. The van der Waals surface area contributed by atoms with E-state index in [-0.39, 0.29) is 0 Å². The molecule has 0 atom stereocenters. The molecule has 0 aromatic heterocycles. The van der Waals surface area contributed by atoms with Crippen LogP contribution in [-0.4, -0.2) is 23.1 Å². The second-order valence-corrected chi connectivity index (χ2v) is 4.84. The molecular weight excluding hydrogens is 210 g/mol. The lowest BCUT2D eigenvalue weighted by atomic mass is 9.99. The van der Waals surface area contributed by atoms with Gasteiger partial charge in [0.1, 0.15) is 0 Å². The van der Waals surface area contributed by atoms with E-state index in [9.17, 15) is 0 Å². The number of hydrogen-bond donors (Lipinski definition) is 1. The Labute approximate surface area is 104 Å². The highest BCUT2D eigenvalue weighted by Crippen LogP contribution is 2.20. The third-order valence-electron chi connectivity index (χ3n) is 3.29. The monoisotopic (exact) mass is 231 g/mol. The molecule has 2 rings (SSSR count). The first-order chi connectivity index (χ1) is 8.10. The Balaban J connectivity index is 2.12. The van der Waals surface area contributed by atoms with Crippen molar-refractivity contribution in [3.05, 3.63) is 46.8 Å². The topological polar surface area (TPSA) is 32.5 Å². The van der Waals surface area contributed by atoms with Crippen molar-refractivity contribution in [2.24, 2.45) is 5.73 Å². The number of nitrogens with zero attached hydrogens (tertiary/aromatic N) is 2. The molecule has 0 saturated carbocycles. The van der Waals surface area contributed by atoms with Gasteiger partial charge < -0.3 is 15.5 Å². The van der Waals surface area contributed by atoms with Crippen LogP contribution < -0.4 is 5.73 Å². The lowest BCUT2D eigenvalue weighted by Crippen LogP contribution is -2.29. The van der Waals surface area contributed by atoms with Crippen molar-refractivity contribution in [2.45, 2.75) is 27.3 Å². The van der Waals surface area contributed by atoms with Gasteiger partial charge in [-0.3, -0.25) is 0 Å². The van der Waals surface area contributed by atoms with E-state index < -0.39 is 0 Å². The summed E-state index contributed by atoms with van der Waals surface area (Å²) in [5, 5.41) is 0. The minimum Gasteiger partial charge on any atom is -0.354 e. The van der Waals surface area contributed by atoms with E-state index >= 15 is 0 Å². The Hall–Kier alpha value is -1.48. The van der Waals surface area contributed by atoms with E-state index in [1.807, 2.05) is 0 Å². The van der Waals surface area contributed by atoms with Crippen molar-refractivity contribution in [1.29, 1.82) is 0 Å². The number of nitrogens with two attached hydrogens (primary N) is 1. The molecule has 1 aromatic carbocycles. The highest BCUT2D eigenvalue weighted by atomic mass is 15.4. The van der Waals surface area contributed by atoms with Crippen LogP contribution in [0.2, 0.25) is 0 Å². The van der Waals surface area contributed by atoms with Crippen molar-refractivity contribution in [3.8, 4) is 0 Å². The highest BCUT2D eigenvalue weighted by Gasteiger charge is 2.13. The van der Waals surface area contributed by atoms with Crippen molar-refractivity contribution in [2.75, 3.05) is 13.3 Å². The Morgan fingerprint density at radius 3 is 2.18 bits per heavy atom. The van der Waals surface area contributed by atoms with Crippen molar-refractivity contribution < 1.29 is 0 Å². The Morgan fingerprint density at radius 2 is 1.65 bits per heavy atom. The van der Waals surface area contributed by atoms with Gasteiger partial charge in [0.15, 0.2) is 0 Å². The van der Waals surface area contributed by atoms with Gasteiger partial charge in [0.2, 0.25) is 0 Å². The number of aryl methyl sites for hydroxylation is 3. The maximum atomic E-state index is 5.62. The van der Waals surface area contributed by atoms with Crippen LogP contribution in [0.3, 0.4) is 0 Å². The van der Waals surface area contributed by atoms with Crippen LogP contribution in [0.5, 0.6) is 0 Å². The molecule has 0 saturated heterocycles. The molecule has 0 aliphatic carbocycles. The molecule has 0 bridgehead atoms. The molecule has 0 spiro atoms. The molecule has 3 nitrogen and oxygen atoms in total. The molecule has 1 aliphatic heterocycles. The van der Waals surface area contributed by atoms with Crippen LogP contribution in [0.4, 0.5) is 0 Å². The molecule has 1 aliphatic rings. The summed E-state index contributed by atoms with van der Waals surface area (Å²) in [4.78, 5) is 4.39. The quantitative estimate of drug-likeness (QED) is 0.864. The van der Waals surface area contributed by atoms with Crippen LogP contribution in [0.15, 0.2) is 24.5 Å². The average Bonchev–Trinajstić information content (AvgIpc) is 2.71. The smallest absolute Gasteiger partial charge is 0.0909 e. The van der Waals surface area contributed by atoms with Crippen molar-refractivity contribution in [1.82, 2.24) is 9.80 Å². The van der Waals surface area contributed by atoms with Crippen molar-refractivity contribution >= 4 is 0 Å². The summed E-state index contributed by atoms with van der Waals surface area (Å²) in [6.45, 7) is 8.97. The number of rotatable bonds is 3. The summed E-state index contributed by atoms with van der Waals surface area (Å²) in [5.41, 5.74) is 11.1. The van der Waals surface area contributed by atoms with Gasteiger partial charge in [0.05, 0.1) is 13.3 Å². The van der Waals surface area contributed by atoms with Gasteiger partial charge in [-0.05, 0) is 37.5 Å². The second-order valence-electron chi connectivity index (χ2n) is 4.84. The van der Waals surface area contributed by atoms with Gasteiger partial charge in [-0.1, -0.05) is 17.7 Å². The third kappa shape index (κ3) is 2.61. The van der Waals surface area contributed by atoms with Crippen LogP contribution in [0.25, 0.3) is 0 Å². The summed E-state index contributed by atoms with van der Waals surface area (Å²) < 4.78 is 0. The van der Waals surface area contributed by atoms with Crippen LogP contribution in [-0.2, 0) is 6.54 Å². The lowest BCUT2D eigenvalue weighted by molar-refractivity contribution is 0.263. The zero-order chi connectivity index (χ0) is 12.4. The average molecular weight is 231 g/mol. The first-order valence-electron chi connectivity index (χ1n) is 6.03. The first kappa shape index (κ1) is 12.0. The predicted molar refractivity (Wildman–Crippen MR) is 71.1 cm³/mol. The standard InChI is InChI=1S/C14H21N3/c1-11-6-12(2)14(13(3)7-11)8-16-4-5-17(9-15)10-16/h4-7H,8-10,15H2,1-3H3. The fourth-order valence-electron chi connectivity index (χ4n) is 2.40. The van der Waals surface area contributed by atoms with E-state index in [4.69, 9.17) is 5.73 Å². The van der Waals surface area contributed by atoms with E-state index in [1.165, 1.54) is 22.3 Å². The summed E-state index contributed by atoms with van der Waals surface area (Å²) in [5.74, 6) is 0. The van der Waals surface area contributed by atoms with Gasteiger partial charge >= 0.3 is 0 Å². The Morgan fingerprint density at radius 1 is 1.06 bits per heavy atom. The molecule has 92 valence electrons. The fraction of sp³-hybridized carbons (Fsp3) is 0.429. The molecule has 2 N–H and O–H groups in total. The van der Waals surface area contributed by atoms with Gasteiger partial charge in [-0.15, -0.1) is 0 Å². The first-order valence-corrected chi connectivity index (χ1v) is 6.03. The van der Waals surface area contributed by atoms with Gasteiger partial charge in [-0.25, -0.2) is 0 Å². The summed E-state index contributed by atoms with van der Waals surface area (Å²) in [7, 11) is 0. The van der Waals surface area contributed by atoms with Crippen molar-refractivity contribution in [3.63, 3.8) is 0 Å². The molecule has 3 heteroatoms. The molecule has 1 heterocycles. The Bertz CT molecular complexity index is 414.